The highest BCUT2D eigenvalue weighted by atomic mass is 31.1. The lowest BCUT2D eigenvalue weighted by molar-refractivity contribution is 0.0514. The van der Waals surface area contributed by atoms with Crippen LogP contribution in [-0.4, -0.2) is 11.8 Å². The summed E-state index contributed by atoms with van der Waals surface area (Å²) in [6.45, 7) is 9.12. The predicted octanol–water partition coefficient (Wildman–Crippen LogP) is 6.32. The maximum atomic E-state index is 6.40. The van der Waals surface area contributed by atoms with E-state index in [4.69, 9.17) is 4.52 Å². The summed E-state index contributed by atoms with van der Waals surface area (Å²) in [6, 6.07) is 0. The Labute approximate surface area is 117 Å². The standard InChI is InChI=1S/C16H35OP/c1-5-9-12-16(13-10-6-2,14-11-7-3)17-18-15-8-4/h18H,5-15H2,1-4H3. The highest BCUT2D eigenvalue weighted by molar-refractivity contribution is 7.32. The second-order valence-corrected chi connectivity index (χ2v) is 6.48. The topological polar surface area (TPSA) is 9.23 Å². The van der Waals surface area contributed by atoms with Crippen molar-refractivity contribution in [2.45, 2.75) is 97.5 Å². The lowest BCUT2D eigenvalue weighted by Crippen LogP contribution is -2.30. The van der Waals surface area contributed by atoms with Crippen LogP contribution >= 0.6 is 8.81 Å². The van der Waals surface area contributed by atoms with Gasteiger partial charge in [-0.15, -0.1) is 0 Å². The van der Waals surface area contributed by atoms with E-state index >= 15 is 0 Å². The van der Waals surface area contributed by atoms with Crippen LogP contribution in [0.5, 0.6) is 0 Å². The van der Waals surface area contributed by atoms with Gasteiger partial charge in [0.25, 0.3) is 0 Å². The van der Waals surface area contributed by atoms with E-state index in [1.165, 1.54) is 70.4 Å². The van der Waals surface area contributed by atoms with E-state index in [9.17, 15) is 0 Å². The fourth-order valence-electron chi connectivity index (χ4n) is 2.33. The van der Waals surface area contributed by atoms with Gasteiger partial charge in [0.05, 0.1) is 5.60 Å². The number of hydrogen-bond acceptors (Lipinski definition) is 1. The third kappa shape index (κ3) is 8.48. The summed E-state index contributed by atoms with van der Waals surface area (Å²) >= 11 is 0. The van der Waals surface area contributed by atoms with Gasteiger partial charge in [0, 0.05) is 8.81 Å². The molecule has 2 heteroatoms. The maximum absolute atomic E-state index is 6.40. The molecular formula is C16H35OP. The SMILES string of the molecule is CCCCC(CCCC)(CCCC)OPCCC. The highest BCUT2D eigenvalue weighted by Gasteiger charge is 2.29. The van der Waals surface area contributed by atoms with Crippen LogP contribution in [0.3, 0.4) is 0 Å². The Bertz CT molecular complexity index is 149. The summed E-state index contributed by atoms with van der Waals surface area (Å²) in [4.78, 5) is 0. The van der Waals surface area contributed by atoms with Gasteiger partial charge in [-0.2, -0.15) is 0 Å². The van der Waals surface area contributed by atoms with E-state index in [-0.39, 0.29) is 5.60 Å². The van der Waals surface area contributed by atoms with Crippen LogP contribution in [0.2, 0.25) is 0 Å². The van der Waals surface area contributed by atoms with Crippen LogP contribution in [0.15, 0.2) is 0 Å². The molecule has 0 saturated carbocycles. The fourth-order valence-corrected chi connectivity index (χ4v) is 3.25. The van der Waals surface area contributed by atoms with Gasteiger partial charge in [-0.3, -0.25) is 0 Å². The van der Waals surface area contributed by atoms with Gasteiger partial charge in [0.2, 0.25) is 0 Å². The van der Waals surface area contributed by atoms with Gasteiger partial charge in [0.1, 0.15) is 0 Å². The fraction of sp³-hybridized carbons (Fsp3) is 1.00. The first kappa shape index (κ1) is 18.4. The van der Waals surface area contributed by atoms with Crippen LogP contribution in [0.1, 0.15) is 91.9 Å². The molecule has 0 amide bonds. The summed E-state index contributed by atoms with van der Waals surface area (Å²) in [6.07, 6.45) is 14.2. The van der Waals surface area contributed by atoms with Gasteiger partial charge in [-0.1, -0.05) is 72.6 Å². The molecule has 0 spiro atoms. The molecule has 1 nitrogen and oxygen atoms in total. The number of unbranched alkanes of at least 4 members (excludes halogenated alkanes) is 3. The molecule has 0 heterocycles. The van der Waals surface area contributed by atoms with Crippen molar-refractivity contribution in [2.24, 2.45) is 0 Å². The Hall–Kier alpha value is 0.390. The van der Waals surface area contributed by atoms with Gasteiger partial charge in [-0.05, 0) is 25.4 Å². The third-order valence-corrected chi connectivity index (χ3v) is 4.88. The molecule has 0 aliphatic carbocycles. The Morgan fingerprint density at radius 3 is 1.50 bits per heavy atom. The van der Waals surface area contributed by atoms with E-state index in [0.29, 0.717) is 0 Å². The van der Waals surface area contributed by atoms with Gasteiger partial charge >= 0.3 is 0 Å². The van der Waals surface area contributed by atoms with E-state index in [1.807, 2.05) is 0 Å². The molecule has 0 saturated heterocycles. The van der Waals surface area contributed by atoms with Crippen molar-refractivity contribution in [3.63, 3.8) is 0 Å². The lowest BCUT2D eigenvalue weighted by atomic mass is 9.86. The van der Waals surface area contributed by atoms with E-state index in [1.54, 1.807) is 0 Å². The first-order chi connectivity index (χ1) is 8.74. The van der Waals surface area contributed by atoms with Crippen LogP contribution in [-0.2, 0) is 4.52 Å². The van der Waals surface area contributed by atoms with Crippen molar-refractivity contribution in [2.75, 3.05) is 6.16 Å². The quantitative estimate of drug-likeness (QED) is 0.282. The maximum Gasteiger partial charge on any atom is 0.0721 e. The van der Waals surface area contributed by atoms with Crippen LogP contribution in [0.4, 0.5) is 0 Å². The summed E-state index contributed by atoms with van der Waals surface area (Å²) in [7, 11) is 0.717. The van der Waals surface area contributed by atoms with Crippen LogP contribution in [0.25, 0.3) is 0 Å². The van der Waals surface area contributed by atoms with Crippen LogP contribution < -0.4 is 0 Å². The Balaban J connectivity index is 4.41. The zero-order valence-corrected chi connectivity index (χ0v) is 14.2. The minimum Gasteiger partial charge on any atom is -0.356 e. The first-order valence-corrected chi connectivity index (χ1v) is 9.27. The average molecular weight is 274 g/mol. The summed E-state index contributed by atoms with van der Waals surface area (Å²) < 4.78 is 6.40. The average Bonchev–Trinajstić information content (AvgIpc) is 2.40. The molecule has 0 bridgehead atoms. The molecule has 0 aliphatic heterocycles. The molecule has 1 unspecified atom stereocenters. The van der Waals surface area contributed by atoms with Crippen molar-refractivity contribution in [1.29, 1.82) is 0 Å². The molecule has 18 heavy (non-hydrogen) atoms. The number of rotatable bonds is 13. The molecule has 0 aliphatic rings. The molecule has 0 fully saturated rings. The predicted molar refractivity (Wildman–Crippen MR) is 85.9 cm³/mol. The normalized spacial score (nSPS) is 12.7. The largest absolute Gasteiger partial charge is 0.356 e. The summed E-state index contributed by atoms with van der Waals surface area (Å²) in [5, 5.41) is 0. The van der Waals surface area contributed by atoms with Gasteiger partial charge in [-0.25, -0.2) is 0 Å². The molecule has 0 rings (SSSR count). The van der Waals surface area contributed by atoms with Crippen LogP contribution in [0, 0.1) is 0 Å². The zero-order valence-electron chi connectivity index (χ0n) is 13.2. The monoisotopic (exact) mass is 274 g/mol. The van der Waals surface area contributed by atoms with Crippen molar-refractivity contribution in [3.8, 4) is 0 Å². The minimum absolute atomic E-state index is 0.218. The van der Waals surface area contributed by atoms with Crippen molar-refractivity contribution < 1.29 is 4.52 Å². The lowest BCUT2D eigenvalue weighted by Gasteiger charge is -2.34. The Morgan fingerprint density at radius 2 is 1.17 bits per heavy atom. The summed E-state index contributed by atoms with van der Waals surface area (Å²) in [5.41, 5.74) is 0.218. The molecule has 110 valence electrons. The van der Waals surface area contributed by atoms with Crippen molar-refractivity contribution in [1.82, 2.24) is 0 Å². The molecule has 0 N–H and O–H groups in total. The first-order valence-electron chi connectivity index (χ1n) is 8.15. The minimum atomic E-state index is 0.218. The van der Waals surface area contributed by atoms with Gasteiger partial charge < -0.3 is 4.52 Å². The third-order valence-electron chi connectivity index (χ3n) is 3.60. The van der Waals surface area contributed by atoms with E-state index < -0.39 is 0 Å². The molecule has 0 aromatic carbocycles. The summed E-state index contributed by atoms with van der Waals surface area (Å²) in [5.74, 6) is 0. The Morgan fingerprint density at radius 1 is 0.722 bits per heavy atom. The molecule has 0 radical (unpaired) electrons. The van der Waals surface area contributed by atoms with E-state index in [2.05, 4.69) is 27.7 Å². The highest BCUT2D eigenvalue weighted by Crippen LogP contribution is 2.37. The zero-order chi connectivity index (χ0) is 13.7. The molecular weight excluding hydrogens is 239 g/mol. The second-order valence-electron chi connectivity index (χ2n) is 5.49. The smallest absolute Gasteiger partial charge is 0.0721 e. The second kappa shape index (κ2) is 12.4. The molecule has 1 atom stereocenters. The van der Waals surface area contributed by atoms with Gasteiger partial charge in [0.15, 0.2) is 0 Å². The number of hydrogen-bond donors (Lipinski definition) is 0. The molecule has 0 aromatic rings. The molecule has 0 aromatic heterocycles. The van der Waals surface area contributed by atoms with Crippen molar-refractivity contribution >= 4 is 8.81 Å². The Kier molecular flexibility index (Phi) is 12.7. The van der Waals surface area contributed by atoms with Crippen molar-refractivity contribution in [3.05, 3.63) is 0 Å². The van der Waals surface area contributed by atoms with E-state index in [0.717, 1.165) is 8.81 Å².